The predicted octanol–water partition coefficient (Wildman–Crippen LogP) is 6.82. The van der Waals surface area contributed by atoms with Gasteiger partial charge in [-0.05, 0) is 72.8 Å². The lowest BCUT2D eigenvalue weighted by Crippen LogP contribution is -2.49. The summed E-state index contributed by atoms with van der Waals surface area (Å²) in [4.78, 5) is 16.2. The molecule has 1 saturated heterocycles. The highest BCUT2D eigenvalue weighted by Gasteiger charge is 2.28. The van der Waals surface area contributed by atoms with Gasteiger partial charge in [0.05, 0.1) is 18.0 Å². The van der Waals surface area contributed by atoms with Crippen molar-refractivity contribution in [1.29, 1.82) is 0 Å². The van der Waals surface area contributed by atoms with Crippen molar-refractivity contribution in [2.75, 3.05) is 39.2 Å². The summed E-state index contributed by atoms with van der Waals surface area (Å²) in [6, 6.07) is 11.4. The molecule has 1 fully saturated rings. The fraction of sp³-hybridized carbons (Fsp3) is 0.357. The average Bonchev–Trinajstić information content (AvgIpc) is 2.85. The molecule has 0 spiro atoms. The smallest absolute Gasteiger partial charge is 0.410 e. The Bertz CT molecular complexity index is 1310. The summed E-state index contributed by atoms with van der Waals surface area (Å²) in [7, 11) is 1.58. The number of piperazine rings is 1. The monoisotopic (exact) mass is 543 g/mol. The standard InChI is InChI=1S/C28H31ClFN3O3S/c1-18-14-23(29)24(22-16-20(35-5)15-19-8-6-7-9-21(19)22)25(30)26(18)31-37-17-32-10-12-33(13-11-32)27(34)36-28(2,3)4/h6-9,14-16H,1,10-13,17H2,2-5H3/b31-26+. The number of ether oxygens (including phenoxy) is 2. The van der Waals surface area contributed by atoms with Gasteiger partial charge in [-0.25, -0.2) is 13.6 Å². The molecule has 1 aliphatic carbocycles. The maximum absolute atomic E-state index is 15.9. The van der Waals surface area contributed by atoms with Crippen molar-refractivity contribution in [2.45, 2.75) is 26.4 Å². The zero-order valence-electron chi connectivity index (χ0n) is 21.5. The molecule has 0 N–H and O–H groups in total. The molecular formula is C28H31ClFN3O3S. The van der Waals surface area contributed by atoms with Crippen LogP contribution in [0.15, 0.2) is 69.9 Å². The molecule has 2 aromatic carbocycles. The van der Waals surface area contributed by atoms with Crippen LogP contribution >= 0.6 is 23.5 Å². The number of hydrogen-bond donors (Lipinski definition) is 0. The highest BCUT2D eigenvalue weighted by molar-refractivity contribution is 7.98. The molecule has 0 radical (unpaired) electrons. The van der Waals surface area contributed by atoms with Crippen LogP contribution in [0.3, 0.4) is 0 Å². The van der Waals surface area contributed by atoms with Crippen molar-refractivity contribution >= 4 is 51.7 Å². The zero-order valence-corrected chi connectivity index (χ0v) is 23.1. The zero-order chi connectivity index (χ0) is 26.7. The summed E-state index contributed by atoms with van der Waals surface area (Å²) in [6.45, 7) is 12.0. The van der Waals surface area contributed by atoms with E-state index in [1.165, 1.54) is 11.9 Å². The Labute approximate surface area is 226 Å². The van der Waals surface area contributed by atoms with Crippen LogP contribution in [0.2, 0.25) is 0 Å². The summed E-state index contributed by atoms with van der Waals surface area (Å²) in [5.41, 5.74) is 0.976. The van der Waals surface area contributed by atoms with Gasteiger partial charge in [0, 0.05) is 31.8 Å². The van der Waals surface area contributed by atoms with Crippen molar-refractivity contribution in [1.82, 2.24) is 9.80 Å². The lowest BCUT2D eigenvalue weighted by molar-refractivity contribution is 0.0160. The maximum atomic E-state index is 15.9. The Morgan fingerprint density at radius 3 is 2.57 bits per heavy atom. The van der Waals surface area contributed by atoms with Gasteiger partial charge in [0.1, 0.15) is 17.1 Å². The highest BCUT2D eigenvalue weighted by atomic mass is 35.5. The number of carbonyl (C=O) groups excluding carboxylic acids is 1. The summed E-state index contributed by atoms with van der Waals surface area (Å²) in [5.74, 6) is 0.653. The van der Waals surface area contributed by atoms with E-state index < -0.39 is 11.4 Å². The second-order valence-electron chi connectivity index (χ2n) is 9.89. The third-order valence-electron chi connectivity index (χ3n) is 6.03. The van der Waals surface area contributed by atoms with E-state index in [0.717, 1.165) is 10.8 Å². The summed E-state index contributed by atoms with van der Waals surface area (Å²) in [5, 5.41) is 2.05. The SMILES string of the molecule is C=C1C=C(Cl)C(c2cc(OC)cc3ccccc23)=C(F)/C1=N/SCN1CCN(C(=O)OC(C)(C)C)CC1. The number of halogens is 2. The summed E-state index contributed by atoms with van der Waals surface area (Å²) < 4.78 is 31.3. The number of carbonyl (C=O) groups is 1. The molecular weight excluding hydrogens is 513 g/mol. The first-order chi connectivity index (χ1) is 17.6. The van der Waals surface area contributed by atoms with Crippen LogP contribution in [0, 0.1) is 0 Å². The number of fused-ring (bicyclic) bond motifs is 1. The molecule has 1 aliphatic heterocycles. The number of allylic oxidation sites excluding steroid dienone is 5. The molecule has 0 bridgehead atoms. The molecule has 2 aromatic rings. The number of nitrogens with zero attached hydrogens (tertiary/aromatic N) is 3. The molecule has 2 aliphatic rings. The minimum Gasteiger partial charge on any atom is -0.497 e. The minimum absolute atomic E-state index is 0.170. The quantitative estimate of drug-likeness (QED) is 0.387. The van der Waals surface area contributed by atoms with E-state index in [1.807, 2.05) is 51.1 Å². The molecule has 37 heavy (non-hydrogen) atoms. The number of hydrogen-bond acceptors (Lipinski definition) is 6. The fourth-order valence-corrected chi connectivity index (χ4v) is 5.29. The second-order valence-corrected chi connectivity index (χ2v) is 11.0. The topological polar surface area (TPSA) is 54.4 Å². The fourth-order valence-electron chi connectivity index (χ4n) is 4.17. The number of benzene rings is 2. The molecule has 1 amide bonds. The molecule has 6 nitrogen and oxygen atoms in total. The van der Waals surface area contributed by atoms with Gasteiger partial charge in [-0.2, -0.15) is 0 Å². The van der Waals surface area contributed by atoms with E-state index in [0.29, 0.717) is 48.9 Å². The van der Waals surface area contributed by atoms with E-state index in [-0.39, 0.29) is 22.4 Å². The van der Waals surface area contributed by atoms with Gasteiger partial charge in [-0.3, -0.25) is 4.90 Å². The molecule has 0 unspecified atom stereocenters. The Morgan fingerprint density at radius 2 is 1.89 bits per heavy atom. The summed E-state index contributed by atoms with van der Waals surface area (Å²) in [6.07, 6.45) is 1.35. The molecule has 1 heterocycles. The molecule has 4 rings (SSSR count). The van der Waals surface area contributed by atoms with Crippen LogP contribution in [0.1, 0.15) is 26.3 Å². The van der Waals surface area contributed by atoms with Crippen molar-refractivity contribution in [2.24, 2.45) is 4.40 Å². The first-order valence-corrected chi connectivity index (χ1v) is 13.3. The number of methoxy groups -OCH3 is 1. The van der Waals surface area contributed by atoms with Gasteiger partial charge >= 0.3 is 6.09 Å². The van der Waals surface area contributed by atoms with Crippen molar-refractivity contribution < 1.29 is 18.7 Å². The van der Waals surface area contributed by atoms with Crippen molar-refractivity contribution in [3.05, 3.63) is 71.0 Å². The van der Waals surface area contributed by atoms with E-state index in [2.05, 4.69) is 15.9 Å². The van der Waals surface area contributed by atoms with Crippen LogP contribution in [0.25, 0.3) is 16.3 Å². The van der Waals surface area contributed by atoms with Gasteiger partial charge in [-0.1, -0.05) is 42.4 Å². The Balaban J connectivity index is 1.50. The Kier molecular flexibility index (Phi) is 8.31. The van der Waals surface area contributed by atoms with Crippen LogP contribution in [-0.2, 0) is 4.74 Å². The first-order valence-electron chi connectivity index (χ1n) is 12.0. The molecule has 9 heteroatoms. The third kappa shape index (κ3) is 6.37. The van der Waals surface area contributed by atoms with Crippen molar-refractivity contribution in [3.8, 4) is 5.75 Å². The van der Waals surface area contributed by atoms with Crippen LogP contribution in [0.5, 0.6) is 5.75 Å². The minimum atomic E-state index is -0.520. The van der Waals surface area contributed by atoms with Gasteiger partial charge in [0.15, 0.2) is 5.83 Å². The number of rotatable bonds is 5. The first kappa shape index (κ1) is 27.2. The van der Waals surface area contributed by atoms with Gasteiger partial charge in [0.25, 0.3) is 0 Å². The van der Waals surface area contributed by atoms with Crippen LogP contribution in [-0.4, -0.2) is 66.4 Å². The van der Waals surface area contributed by atoms with Crippen LogP contribution in [0.4, 0.5) is 9.18 Å². The van der Waals surface area contributed by atoms with E-state index >= 15 is 4.39 Å². The Hall–Kier alpha value is -2.81. The maximum Gasteiger partial charge on any atom is 0.410 e. The van der Waals surface area contributed by atoms with Crippen molar-refractivity contribution in [3.63, 3.8) is 0 Å². The summed E-state index contributed by atoms with van der Waals surface area (Å²) >= 11 is 7.80. The second kappa shape index (κ2) is 11.3. The third-order valence-corrected chi connectivity index (χ3v) is 7.12. The molecule has 0 saturated carbocycles. The van der Waals surface area contributed by atoms with Gasteiger partial charge in [-0.15, -0.1) is 0 Å². The normalized spacial score (nSPS) is 18.4. The van der Waals surface area contributed by atoms with Gasteiger partial charge < -0.3 is 14.4 Å². The van der Waals surface area contributed by atoms with Gasteiger partial charge in [0.2, 0.25) is 0 Å². The predicted molar refractivity (Wildman–Crippen MR) is 151 cm³/mol. The largest absolute Gasteiger partial charge is 0.497 e. The molecule has 0 aromatic heterocycles. The van der Waals surface area contributed by atoms with Crippen LogP contribution < -0.4 is 4.74 Å². The lowest BCUT2D eigenvalue weighted by Gasteiger charge is -2.35. The lowest BCUT2D eigenvalue weighted by atomic mass is 9.91. The Morgan fingerprint density at radius 1 is 1.19 bits per heavy atom. The highest BCUT2D eigenvalue weighted by Crippen LogP contribution is 2.41. The average molecular weight is 544 g/mol. The van der Waals surface area contributed by atoms with E-state index in [4.69, 9.17) is 21.1 Å². The van der Waals surface area contributed by atoms with E-state index in [9.17, 15) is 4.79 Å². The molecule has 0 atom stereocenters. The molecule has 196 valence electrons. The number of amides is 1. The van der Waals surface area contributed by atoms with E-state index in [1.54, 1.807) is 24.2 Å².